The first kappa shape index (κ1) is 28.1. The third kappa shape index (κ3) is 9.94. The quantitative estimate of drug-likeness (QED) is 0.203. The lowest BCUT2D eigenvalue weighted by atomic mass is 9.87. The van der Waals surface area contributed by atoms with Gasteiger partial charge in [-0.1, -0.05) is 155 Å². The Bertz CT molecular complexity index is 714. The van der Waals surface area contributed by atoms with Gasteiger partial charge in [0.25, 0.3) is 0 Å². The highest BCUT2D eigenvalue weighted by Gasteiger charge is 2.18. The van der Waals surface area contributed by atoms with Crippen LogP contribution >= 0.6 is 7.92 Å². The van der Waals surface area contributed by atoms with Crippen molar-refractivity contribution in [2.75, 3.05) is 6.16 Å². The summed E-state index contributed by atoms with van der Waals surface area (Å²) in [5.74, 6) is 0. The first-order valence-electron chi connectivity index (χ1n) is 13.6. The Kier molecular flexibility index (Phi) is 11.7. The second-order valence-electron chi connectivity index (χ2n) is 11.9. The molecule has 2 aromatic rings. The van der Waals surface area contributed by atoms with E-state index in [-0.39, 0.29) is 18.8 Å². The molecule has 0 unspecified atom stereocenters. The van der Waals surface area contributed by atoms with Crippen LogP contribution < -0.4 is 10.6 Å². The van der Waals surface area contributed by atoms with Crippen molar-refractivity contribution in [2.24, 2.45) is 0 Å². The Morgan fingerprint density at radius 3 is 1.15 bits per heavy atom. The van der Waals surface area contributed by atoms with Crippen LogP contribution in [0.5, 0.6) is 0 Å². The lowest BCUT2D eigenvalue weighted by Gasteiger charge is -2.24. The highest BCUT2D eigenvalue weighted by atomic mass is 31.1. The first-order chi connectivity index (χ1) is 15.6. The van der Waals surface area contributed by atoms with Crippen LogP contribution in [0.15, 0.2) is 48.5 Å². The molecule has 2 rings (SSSR count). The Labute approximate surface area is 207 Å². The molecule has 0 aliphatic rings. The van der Waals surface area contributed by atoms with Crippen molar-refractivity contribution in [2.45, 2.75) is 124 Å². The van der Waals surface area contributed by atoms with E-state index in [0.29, 0.717) is 0 Å². The van der Waals surface area contributed by atoms with Gasteiger partial charge in [0.1, 0.15) is 0 Å². The summed E-state index contributed by atoms with van der Waals surface area (Å²) in [4.78, 5) is 0. The summed E-state index contributed by atoms with van der Waals surface area (Å²) in [7, 11) is -0.282. The van der Waals surface area contributed by atoms with Crippen LogP contribution in [0.2, 0.25) is 0 Å². The fraction of sp³-hybridized carbons (Fsp3) is 0.625. The first-order valence-corrected chi connectivity index (χ1v) is 15.1. The maximum Gasteiger partial charge on any atom is -0.0132 e. The SMILES string of the molecule is CCCCCCCCCCCCP(c1ccc(C(C)(C)C)cc1)c1ccc(C(C)(C)C)cc1. The van der Waals surface area contributed by atoms with Gasteiger partial charge in [0.05, 0.1) is 0 Å². The van der Waals surface area contributed by atoms with Gasteiger partial charge in [-0.2, -0.15) is 0 Å². The van der Waals surface area contributed by atoms with E-state index in [9.17, 15) is 0 Å². The van der Waals surface area contributed by atoms with Gasteiger partial charge in [-0.05, 0) is 53.1 Å². The maximum absolute atomic E-state index is 2.42. The molecular formula is C32H51P. The van der Waals surface area contributed by atoms with Gasteiger partial charge in [0, 0.05) is 0 Å². The minimum atomic E-state index is -0.282. The summed E-state index contributed by atoms with van der Waals surface area (Å²) in [6.07, 6.45) is 15.4. The Morgan fingerprint density at radius 2 is 0.818 bits per heavy atom. The molecule has 1 heteroatoms. The molecule has 0 spiro atoms. The molecule has 0 amide bonds. The Hall–Kier alpha value is -1.13. The summed E-state index contributed by atoms with van der Waals surface area (Å²) in [6, 6.07) is 19.1. The van der Waals surface area contributed by atoms with Gasteiger partial charge >= 0.3 is 0 Å². The second kappa shape index (κ2) is 13.7. The summed E-state index contributed by atoms with van der Waals surface area (Å²) in [6.45, 7) is 16.1. The monoisotopic (exact) mass is 466 g/mol. The number of hydrogen-bond acceptors (Lipinski definition) is 0. The minimum absolute atomic E-state index is 0.214. The molecule has 0 heterocycles. The molecule has 0 aliphatic carbocycles. The van der Waals surface area contributed by atoms with Crippen molar-refractivity contribution in [3.05, 3.63) is 59.7 Å². The molecule has 0 saturated carbocycles. The maximum atomic E-state index is 2.42. The third-order valence-corrected chi connectivity index (χ3v) is 9.43. The molecule has 184 valence electrons. The molecular weight excluding hydrogens is 415 g/mol. The predicted molar refractivity (Wildman–Crippen MR) is 153 cm³/mol. The molecule has 0 nitrogen and oxygen atoms in total. The summed E-state index contributed by atoms with van der Waals surface area (Å²) < 4.78 is 0. The number of hydrogen-bond donors (Lipinski definition) is 0. The Balaban J connectivity index is 1.98. The van der Waals surface area contributed by atoms with Crippen LogP contribution in [0.1, 0.15) is 124 Å². The molecule has 0 atom stereocenters. The zero-order valence-corrected chi connectivity index (χ0v) is 23.7. The summed E-state index contributed by atoms with van der Waals surface area (Å²) in [5.41, 5.74) is 3.30. The normalized spacial score (nSPS) is 12.5. The van der Waals surface area contributed by atoms with E-state index in [4.69, 9.17) is 0 Å². The summed E-state index contributed by atoms with van der Waals surface area (Å²) >= 11 is 0. The van der Waals surface area contributed by atoms with E-state index in [0.717, 1.165) is 0 Å². The van der Waals surface area contributed by atoms with E-state index in [2.05, 4.69) is 97.0 Å². The van der Waals surface area contributed by atoms with Crippen LogP contribution in [0, 0.1) is 0 Å². The second-order valence-corrected chi connectivity index (χ2v) is 14.3. The molecule has 2 aromatic carbocycles. The minimum Gasteiger partial charge on any atom is -0.0654 e. The van der Waals surface area contributed by atoms with Crippen LogP contribution in [0.25, 0.3) is 0 Å². The van der Waals surface area contributed by atoms with Crippen molar-refractivity contribution in [1.29, 1.82) is 0 Å². The van der Waals surface area contributed by atoms with Crippen LogP contribution in [-0.4, -0.2) is 6.16 Å². The van der Waals surface area contributed by atoms with E-state index in [1.165, 1.54) is 92.1 Å². The molecule has 0 aliphatic heterocycles. The van der Waals surface area contributed by atoms with Gasteiger partial charge in [0.15, 0.2) is 0 Å². The predicted octanol–water partition coefficient (Wildman–Crippen LogP) is 9.64. The van der Waals surface area contributed by atoms with Gasteiger partial charge in [-0.3, -0.25) is 0 Å². The third-order valence-electron chi connectivity index (χ3n) is 6.83. The average Bonchev–Trinajstić information content (AvgIpc) is 2.77. The van der Waals surface area contributed by atoms with E-state index in [1.807, 2.05) is 0 Å². The zero-order chi connectivity index (χ0) is 24.3. The average molecular weight is 467 g/mol. The van der Waals surface area contributed by atoms with Crippen LogP contribution in [-0.2, 0) is 10.8 Å². The lowest BCUT2D eigenvalue weighted by Crippen LogP contribution is -2.18. The van der Waals surface area contributed by atoms with Crippen LogP contribution in [0.4, 0.5) is 0 Å². The fourth-order valence-electron chi connectivity index (χ4n) is 4.45. The van der Waals surface area contributed by atoms with Gasteiger partial charge in [-0.25, -0.2) is 0 Å². The van der Waals surface area contributed by atoms with E-state index < -0.39 is 0 Å². The Morgan fingerprint density at radius 1 is 0.485 bits per heavy atom. The van der Waals surface area contributed by atoms with E-state index in [1.54, 1.807) is 0 Å². The number of rotatable bonds is 13. The smallest absolute Gasteiger partial charge is 0.0132 e. The highest BCUT2D eigenvalue weighted by Crippen LogP contribution is 2.36. The van der Waals surface area contributed by atoms with Crippen LogP contribution in [0.3, 0.4) is 0 Å². The lowest BCUT2D eigenvalue weighted by molar-refractivity contribution is 0.563. The van der Waals surface area contributed by atoms with Crippen molar-refractivity contribution in [3.8, 4) is 0 Å². The molecule has 33 heavy (non-hydrogen) atoms. The standard InChI is InChI=1S/C32H51P/c1-8-9-10-11-12-13-14-15-16-17-26-33(29-22-18-27(19-23-29)31(2,3)4)30-24-20-28(21-25-30)32(5,6)7/h18-25H,8-17,26H2,1-7H3. The van der Waals surface area contributed by atoms with Crippen molar-refractivity contribution in [3.63, 3.8) is 0 Å². The molecule has 0 fully saturated rings. The largest absolute Gasteiger partial charge is 0.0654 e. The van der Waals surface area contributed by atoms with Gasteiger partial charge < -0.3 is 0 Å². The topological polar surface area (TPSA) is 0 Å². The molecule has 0 aromatic heterocycles. The molecule has 0 N–H and O–H groups in total. The summed E-state index contributed by atoms with van der Waals surface area (Å²) in [5, 5.41) is 3.08. The molecule has 0 saturated heterocycles. The van der Waals surface area contributed by atoms with Crippen molar-refractivity contribution < 1.29 is 0 Å². The molecule has 0 radical (unpaired) electrons. The fourth-order valence-corrected chi connectivity index (χ4v) is 6.82. The highest BCUT2D eigenvalue weighted by molar-refractivity contribution is 7.73. The van der Waals surface area contributed by atoms with E-state index >= 15 is 0 Å². The number of benzene rings is 2. The van der Waals surface area contributed by atoms with Crippen molar-refractivity contribution >= 4 is 18.5 Å². The molecule has 0 bridgehead atoms. The van der Waals surface area contributed by atoms with Crippen molar-refractivity contribution in [1.82, 2.24) is 0 Å². The number of unbranched alkanes of at least 4 members (excludes halogenated alkanes) is 9. The zero-order valence-electron chi connectivity index (χ0n) is 22.8. The van der Waals surface area contributed by atoms with Gasteiger partial charge in [0.2, 0.25) is 0 Å². The van der Waals surface area contributed by atoms with Gasteiger partial charge in [-0.15, -0.1) is 0 Å².